The summed E-state index contributed by atoms with van der Waals surface area (Å²) in [5.41, 5.74) is 7.54. The van der Waals surface area contributed by atoms with E-state index in [4.69, 9.17) is 16.3 Å². The second-order valence-electron chi connectivity index (χ2n) is 10.2. The molecule has 2 aromatic rings. The predicted octanol–water partition coefficient (Wildman–Crippen LogP) is 7.41. The van der Waals surface area contributed by atoms with Gasteiger partial charge < -0.3 is 9.84 Å². The van der Waals surface area contributed by atoms with Crippen LogP contribution in [-0.2, 0) is 16.1 Å². The van der Waals surface area contributed by atoms with E-state index in [1.807, 2.05) is 18.2 Å². The van der Waals surface area contributed by atoms with E-state index >= 15 is 0 Å². The molecule has 3 aliphatic carbocycles. The Kier molecular flexibility index (Phi) is 6.69. The Morgan fingerprint density at radius 1 is 1.06 bits per heavy atom. The van der Waals surface area contributed by atoms with Crippen LogP contribution in [0.2, 0.25) is 5.02 Å². The molecule has 1 saturated carbocycles. The van der Waals surface area contributed by atoms with E-state index in [1.54, 1.807) is 12.1 Å². The number of halogens is 1. The number of ketones is 1. The Morgan fingerprint density at radius 2 is 1.80 bits per heavy atom. The molecule has 0 heterocycles. The summed E-state index contributed by atoms with van der Waals surface area (Å²) < 4.78 is 6.41. The van der Waals surface area contributed by atoms with Crippen LogP contribution in [-0.4, -0.2) is 23.0 Å². The first-order valence-electron chi connectivity index (χ1n) is 12.5. The molecule has 5 rings (SSSR count). The number of hydrogen-bond donors (Lipinski definition) is 1. The van der Waals surface area contributed by atoms with Crippen LogP contribution in [0.15, 0.2) is 64.8 Å². The lowest BCUT2D eigenvalue weighted by Crippen LogP contribution is -2.22. The SMILES string of the molecule is CC1=C(C)C(OCc2cccc(-c3ccc(C(=O)O)c(Cl)c3)c2)CC2=C1C(=O)C(C1CCCC1)C2. The van der Waals surface area contributed by atoms with Crippen LogP contribution in [0, 0.1) is 11.8 Å². The molecule has 2 unspecified atom stereocenters. The van der Waals surface area contributed by atoms with Crippen LogP contribution in [0.1, 0.15) is 68.3 Å². The van der Waals surface area contributed by atoms with Gasteiger partial charge >= 0.3 is 5.97 Å². The fraction of sp³-hybridized carbons (Fsp3) is 0.400. The third kappa shape index (κ3) is 4.62. The number of allylic oxidation sites excluding steroid dienone is 2. The van der Waals surface area contributed by atoms with E-state index < -0.39 is 5.97 Å². The van der Waals surface area contributed by atoms with E-state index in [0.29, 0.717) is 18.3 Å². The highest BCUT2D eigenvalue weighted by Crippen LogP contribution is 2.47. The number of aromatic carboxylic acids is 1. The first-order valence-corrected chi connectivity index (χ1v) is 12.9. The van der Waals surface area contributed by atoms with Crippen LogP contribution in [0.3, 0.4) is 0 Å². The van der Waals surface area contributed by atoms with Crippen molar-refractivity contribution in [3.8, 4) is 11.1 Å². The minimum absolute atomic E-state index is 0.0168. The van der Waals surface area contributed by atoms with Crippen molar-refractivity contribution in [3.05, 3.63) is 80.9 Å². The van der Waals surface area contributed by atoms with E-state index in [1.165, 1.54) is 37.3 Å². The molecule has 2 atom stereocenters. The number of hydrogen-bond acceptors (Lipinski definition) is 3. The molecule has 5 heteroatoms. The number of ether oxygens (including phenoxy) is 1. The highest BCUT2D eigenvalue weighted by atomic mass is 35.5. The average Bonchev–Trinajstić information content (AvgIpc) is 3.48. The maximum absolute atomic E-state index is 13.2. The number of carboxylic acids is 1. The highest BCUT2D eigenvalue weighted by molar-refractivity contribution is 6.33. The van der Waals surface area contributed by atoms with Crippen molar-refractivity contribution >= 4 is 23.4 Å². The Labute approximate surface area is 211 Å². The zero-order valence-electron chi connectivity index (χ0n) is 20.3. The largest absolute Gasteiger partial charge is 0.478 e. The van der Waals surface area contributed by atoms with Crippen molar-refractivity contribution in [2.24, 2.45) is 11.8 Å². The zero-order valence-corrected chi connectivity index (χ0v) is 21.0. The summed E-state index contributed by atoms with van der Waals surface area (Å²) >= 11 is 6.17. The number of benzene rings is 2. The minimum Gasteiger partial charge on any atom is -0.478 e. The molecular weight excluding hydrogens is 460 g/mol. The first kappa shape index (κ1) is 24.0. The normalized spacial score (nSPS) is 22.8. The van der Waals surface area contributed by atoms with Gasteiger partial charge in [0.2, 0.25) is 0 Å². The second-order valence-corrected chi connectivity index (χ2v) is 10.6. The maximum atomic E-state index is 13.2. The standard InChI is InChI=1S/C30H31ClO4/c1-17-18(2)28-23(13-25(29(28)32)20-7-3-4-8-20)15-27(17)35-16-19-6-5-9-21(12-19)22-10-11-24(30(33)34)26(31)14-22/h5-6,9-12,14,20,25,27H,3-4,7-8,13,15-16H2,1-2H3,(H,33,34). The molecule has 3 aliphatic rings. The summed E-state index contributed by atoms with van der Waals surface area (Å²) in [4.78, 5) is 24.5. The lowest BCUT2D eigenvalue weighted by molar-refractivity contribution is -0.119. The number of rotatable bonds is 6. The van der Waals surface area contributed by atoms with Crippen molar-refractivity contribution in [1.29, 1.82) is 0 Å². The monoisotopic (exact) mass is 490 g/mol. The van der Waals surface area contributed by atoms with Gasteiger partial charge in [-0.3, -0.25) is 4.79 Å². The smallest absolute Gasteiger partial charge is 0.337 e. The van der Waals surface area contributed by atoms with Gasteiger partial charge in [0.25, 0.3) is 0 Å². The molecule has 35 heavy (non-hydrogen) atoms. The third-order valence-corrected chi connectivity index (χ3v) is 8.48. The molecular formula is C30H31ClO4. The van der Waals surface area contributed by atoms with Crippen LogP contribution in [0.4, 0.5) is 0 Å². The molecule has 0 aromatic heterocycles. The first-order chi connectivity index (χ1) is 16.8. The van der Waals surface area contributed by atoms with E-state index in [2.05, 4.69) is 19.9 Å². The fourth-order valence-corrected chi connectivity index (χ4v) is 6.36. The summed E-state index contributed by atoms with van der Waals surface area (Å²) in [6, 6.07) is 13.0. The van der Waals surface area contributed by atoms with Gasteiger partial charge in [0.1, 0.15) is 0 Å². The minimum atomic E-state index is -1.04. The molecule has 0 radical (unpaired) electrons. The third-order valence-electron chi connectivity index (χ3n) is 8.16. The van der Waals surface area contributed by atoms with Gasteiger partial charge in [-0.2, -0.15) is 0 Å². The Morgan fingerprint density at radius 3 is 2.51 bits per heavy atom. The molecule has 0 spiro atoms. The molecule has 2 aromatic carbocycles. The predicted molar refractivity (Wildman–Crippen MR) is 138 cm³/mol. The van der Waals surface area contributed by atoms with Crippen molar-refractivity contribution in [2.75, 3.05) is 0 Å². The lowest BCUT2D eigenvalue weighted by atomic mass is 9.85. The van der Waals surface area contributed by atoms with E-state index in [0.717, 1.165) is 46.3 Å². The summed E-state index contributed by atoms with van der Waals surface area (Å²) in [6.07, 6.45) is 6.60. The van der Waals surface area contributed by atoms with Crippen LogP contribution in [0.5, 0.6) is 0 Å². The van der Waals surface area contributed by atoms with Gasteiger partial charge in [-0.15, -0.1) is 0 Å². The second kappa shape index (κ2) is 9.75. The van der Waals surface area contributed by atoms with Gasteiger partial charge in [-0.25, -0.2) is 4.79 Å². The molecule has 0 amide bonds. The molecule has 0 bridgehead atoms. The van der Waals surface area contributed by atoms with Crippen molar-refractivity contribution in [1.82, 2.24) is 0 Å². The van der Waals surface area contributed by atoms with E-state index in [9.17, 15) is 14.7 Å². The quantitative estimate of drug-likeness (QED) is 0.458. The van der Waals surface area contributed by atoms with Gasteiger partial charge in [0, 0.05) is 11.5 Å². The molecule has 0 saturated heterocycles. The molecule has 182 valence electrons. The zero-order chi connectivity index (χ0) is 24.7. The number of carbonyl (C=O) groups excluding carboxylic acids is 1. The van der Waals surface area contributed by atoms with E-state index in [-0.39, 0.29) is 22.6 Å². The summed E-state index contributed by atoms with van der Waals surface area (Å²) in [5, 5.41) is 9.44. The fourth-order valence-electron chi connectivity index (χ4n) is 6.10. The Balaban J connectivity index is 1.28. The van der Waals surface area contributed by atoms with Crippen molar-refractivity contribution in [3.63, 3.8) is 0 Å². The van der Waals surface area contributed by atoms with Crippen molar-refractivity contribution in [2.45, 2.75) is 65.1 Å². The maximum Gasteiger partial charge on any atom is 0.337 e. The topological polar surface area (TPSA) is 63.6 Å². The average molecular weight is 491 g/mol. The van der Waals surface area contributed by atoms with Crippen LogP contribution in [0.25, 0.3) is 11.1 Å². The lowest BCUT2D eigenvalue weighted by Gasteiger charge is -2.27. The van der Waals surface area contributed by atoms with Gasteiger partial charge in [-0.05, 0) is 91.5 Å². The summed E-state index contributed by atoms with van der Waals surface area (Å²) in [5.74, 6) is 0.0792. The number of carbonyl (C=O) groups is 2. The Hall–Kier alpha value is -2.69. The Bertz CT molecular complexity index is 1250. The summed E-state index contributed by atoms with van der Waals surface area (Å²) in [6.45, 7) is 4.65. The van der Waals surface area contributed by atoms with Gasteiger partial charge in [0.15, 0.2) is 5.78 Å². The summed E-state index contributed by atoms with van der Waals surface area (Å²) in [7, 11) is 0. The van der Waals surface area contributed by atoms with Crippen LogP contribution < -0.4 is 0 Å². The molecule has 1 N–H and O–H groups in total. The van der Waals surface area contributed by atoms with Crippen LogP contribution >= 0.6 is 11.6 Å². The van der Waals surface area contributed by atoms with Crippen molar-refractivity contribution < 1.29 is 19.4 Å². The van der Waals surface area contributed by atoms with Gasteiger partial charge in [0.05, 0.1) is 23.3 Å². The van der Waals surface area contributed by atoms with Gasteiger partial charge in [-0.1, -0.05) is 54.3 Å². The molecule has 1 fully saturated rings. The number of carboxylic acid groups (broad SMARTS) is 1. The molecule has 4 nitrogen and oxygen atoms in total. The number of Topliss-reactive ketones (excluding diaryl/α,β-unsaturated/α-hetero) is 1. The highest BCUT2D eigenvalue weighted by Gasteiger charge is 2.42. The molecule has 0 aliphatic heterocycles.